The Kier molecular flexibility index (Phi) is 4.84. The van der Waals surface area contributed by atoms with Gasteiger partial charge in [-0.1, -0.05) is 103 Å². The van der Waals surface area contributed by atoms with Gasteiger partial charge in [0.25, 0.3) is 0 Å². The maximum absolute atomic E-state index is 4.36. The number of hydrogen-bond donors (Lipinski definition) is 0. The Balaban J connectivity index is 1.81. The summed E-state index contributed by atoms with van der Waals surface area (Å²) >= 11 is 0. The summed E-state index contributed by atoms with van der Waals surface area (Å²) in [5, 5.41) is 12.2. The van der Waals surface area contributed by atoms with Crippen molar-refractivity contribution < 1.29 is 0 Å². The Bertz CT molecular complexity index is 1270. The molecule has 0 saturated heterocycles. The number of benzene rings is 4. The zero-order valence-corrected chi connectivity index (χ0v) is 16.3. The van der Waals surface area contributed by atoms with E-state index >= 15 is 0 Å². The van der Waals surface area contributed by atoms with Crippen molar-refractivity contribution in [2.75, 3.05) is 0 Å². The molecule has 0 N–H and O–H groups in total. The van der Waals surface area contributed by atoms with Crippen LogP contribution in [0.5, 0.6) is 0 Å². The first-order valence-electron chi connectivity index (χ1n) is 9.90. The third kappa shape index (κ3) is 3.38. The maximum Gasteiger partial charge on any atom is 0.0975 e. The average Bonchev–Trinajstić information content (AvgIpc) is 2.85. The first kappa shape index (κ1) is 18.0. The molecule has 5 aromatic rings. The standard InChI is InChI=1S/C27H19N3/c1-3-10-20(11-4-1)22-14-7-8-15-24(22)25-17-9-16-23(21-12-5-2-6-13-21)27(25)26-18-19-28-30-29-26/h1-19H. The normalized spacial score (nSPS) is 10.7. The zero-order chi connectivity index (χ0) is 20.2. The largest absolute Gasteiger partial charge is 0.139 e. The van der Waals surface area contributed by atoms with Crippen LogP contribution in [0.4, 0.5) is 0 Å². The zero-order valence-electron chi connectivity index (χ0n) is 16.3. The van der Waals surface area contributed by atoms with Gasteiger partial charge >= 0.3 is 0 Å². The Morgan fingerprint density at radius 2 is 1.00 bits per heavy atom. The van der Waals surface area contributed by atoms with Gasteiger partial charge in [-0.2, -0.15) is 0 Å². The molecule has 0 aliphatic rings. The SMILES string of the molecule is c1ccc(-c2ccccc2-c2cccc(-c3ccccc3)c2-c2ccnnn2)cc1. The topological polar surface area (TPSA) is 38.7 Å². The monoisotopic (exact) mass is 385 g/mol. The summed E-state index contributed by atoms with van der Waals surface area (Å²) < 4.78 is 0. The highest BCUT2D eigenvalue weighted by Crippen LogP contribution is 2.42. The van der Waals surface area contributed by atoms with Gasteiger partial charge in [0.1, 0.15) is 0 Å². The first-order valence-corrected chi connectivity index (χ1v) is 9.90. The van der Waals surface area contributed by atoms with E-state index in [4.69, 9.17) is 0 Å². The molecule has 0 bridgehead atoms. The predicted octanol–water partition coefficient (Wildman–Crippen LogP) is 6.54. The lowest BCUT2D eigenvalue weighted by Gasteiger charge is -2.17. The lowest BCUT2D eigenvalue weighted by Crippen LogP contribution is -1.96. The summed E-state index contributed by atoms with van der Waals surface area (Å²) in [7, 11) is 0. The molecule has 0 atom stereocenters. The smallest absolute Gasteiger partial charge is 0.0975 e. The third-order valence-electron chi connectivity index (χ3n) is 5.21. The highest BCUT2D eigenvalue weighted by atomic mass is 15.3. The molecule has 0 radical (unpaired) electrons. The van der Waals surface area contributed by atoms with E-state index in [0.717, 1.165) is 33.5 Å². The molecule has 0 spiro atoms. The summed E-state index contributed by atoms with van der Waals surface area (Å²) in [4.78, 5) is 0. The predicted molar refractivity (Wildman–Crippen MR) is 122 cm³/mol. The fourth-order valence-electron chi connectivity index (χ4n) is 3.87. The first-order chi connectivity index (χ1) is 14.9. The molecule has 30 heavy (non-hydrogen) atoms. The summed E-state index contributed by atoms with van der Waals surface area (Å²) in [6.45, 7) is 0. The van der Waals surface area contributed by atoms with Crippen molar-refractivity contribution in [3.8, 4) is 44.6 Å². The molecular weight excluding hydrogens is 366 g/mol. The molecule has 0 aliphatic heterocycles. The van der Waals surface area contributed by atoms with Gasteiger partial charge in [0.2, 0.25) is 0 Å². The van der Waals surface area contributed by atoms with Crippen LogP contribution in [0.1, 0.15) is 0 Å². The lowest BCUT2D eigenvalue weighted by atomic mass is 9.87. The number of nitrogens with zero attached hydrogens (tertiary/aromatic N) is 3. The number of hydrogen-bond acceptors (Lipinski definition) is 3. The van der Waals surface area contributed by atoms with Crippen LogP contribution in [0.15, 0.2) is 115 Å². The van der Waals surface area contributed by atoms with Crippen molar-refractivity contribution in [1.82, 2.24) is 15.4 Å². The minimum Gasteiger partial charge on any atom is -0.139 e. The Morgan fingerprint density at radius 1 is 0.433 bits per heavy atom. The molecule has 0 saturated carbocycles. The minimum atomic E-state index is 0.808. The molecule has 0 amide bonds. The van der Waals surface area contributed by atoms with Gasteiger partial charge in [0, 0.05) is 5.56 Å². The summed E-state index contributed by atoms with van der Waals surface area (Å²) in [6, 6.07) is 37.7. The molecule has 5 rings (SSSR count). The summed E-state index contributed by atoms with van der Waals surface area (Å²) in [6.07, 6.45) is 1.69. The van der Waals surface area contributed by atoms with E-state index < -0.39 is 0 Å². The van der Waals surface area contributed by atoms with E-state index in [1.807, 2.05) is 18.2 Å². The van der Waals surface area contributed by atoms with Gasteiger partial charge in [-0.15, -0.1) is 10.2 Å². The molecule has 1 aromatic heterocycles. The Labute approximate surface area is 175 Å². The van der Waals surface area contributed by atoms with Crippen LogP contribution < -0.4 is 0 Å². The lowest BCUT2D eigenvalue weighted by molar-refractivity contribution is 0.871. The van der Waals surface area contributed by atoms with Gasteiger partial charge in [-0.25, -0.2) is 0 Å². The maximum atomic E-state index is 4.36. The van der Waals surface area contributed by atoms with E-state index in [1.54, 1.807) is 6.20 Å². The van der Waals surface area contributed by atoms with Crippen LogP contribution in [0, 0.1) is 0 Å². The van der Waals surface area contributed by atoms with Gasteiger partial charge < -0.3 is 0 Å². The van der Waals surface area contributed by atoms with Crippen molar-refractivity contribution >= 4 is 0 Å². The van der Waals surface area contributed by atoms with Gasteiger partial charge in [-0.3, -0.25) is 0 Å². The summed E-state index contributed by atoms with van der Waals surface area (Å²) in [5.74, 6) is 0. The van der Waals surface area contributed by atoms with Crippen LogP contribution >= 0.6 is 0 Å². The second-order valence-electron chi connectivity index (χ2n) is 7.01. The number of aromatic nitrogens is 3. The fourth-order valence-corrected chi connectivity index (χ4v) is 3.87. The molecule has 3 heteroatoms. The van der Waals surface area contributed by atoms with Crippen molar-refractivity contribution in [3.63, 3.8) is 0 Å². The number of rotatable bonds is 4. The molecule has 3 nitrogen and oxygen atoms in total. The van der Waals surface area contributed by atoms with Crippen LogP contribution in [0.3, 0.4) is 0 Å². The van der Waals surface area contributed by atoms with Crippen molar-refractivity contribution in [2.24, 2.45) is 0 Å². The van der Waals surface area contributed by atoms with E-state index in [1.165, 1.54) is 11.1 Å². The van der Waals surface area contributed by atoms with Crippen LogP contribution in [0.25, 0.3) is 44.6 Å². The molecule has 142 valence electrons. The Hall–Kier alpha value is -4.11. The van der Waals surface area contributed by atoms with Crippen LogP contribution in [-0.4, -0.2) is 15.4 Å². The highest BCUT2D eigenvalue weighted by Gasteiger charge is 2.17. The average molecular weight is 385 g/mol. The fraction of sp³-hybridized carbons (Fsp3) is 0. The van der Waals surface area contributed by atoms with E-state index in [9.17, 15) is 0 Å². The van der Waals surface area contributed by atoms with E-state index in [0.29, 0.717) is 0 Å². The Morgan fingerprint density at radius 3 is 1.67 bits per heavy atom. The van der Waals surface area contributed by atoms with Gasteiger partial charge in [-0.05, 0) is 44.7 Å². The quantitative estimate of drug-likeness (QED) is 0.352. The molecule has 4 aromatic carbocycles. The van der Waals surface area contributed by atoms with Gasteiger partial charge in [0.15, 0.2) is 0 Å². The van der Waals surface area contributed by atoms with Crippen molar-refractivity contribution in [1.29, 1.82) is 0 Å². The van der Waals surface area contributed by atoms with Crippen LogP contribution in [0.2, 0.25) is 0 Å². The molecule has 0 unspecified atom stereocenters. The van der Waals surface area contributed by atoms with Crippen molar-refractivity contribution in [2.45, 2.75) is 0 Å². The molecule has 1 heterocycles. The van der Waals surface area contributed by atoms with Crippen LogP contribution in [-0.2, 0) is 0 Å². The van der Waals surface area contributed by atoms with E-state index in [2.05, 4.69) is 106 Å². The molecular formula is C27H19N3. The van der Waals surface area contributed by atoms with Gasteiger partial charge in [0.05, 0.1) is 11.9 Å². The highest BCUT2D eigenvalue weighted by molar-refractivity contribution is 5.97. The molecule has 0 fully saturated rings. The summed E-state index contributed by atoms with van der Waals surface area (Å²) in [5.41, 5.74) is 8.79. The second kappa shape index (κ2) is 8.10. The second-order valence-corrected chi connectivity index (χ2v) is 7.01. The van der Waals surface area contributed by atoms with Crippen molar-refractivity contribution in [3.05, 3.63) is 115 Å². The molecule has 0 aliphatic carbocycles. The van der Waals surface area contributed by atoms with E-state index in [-0.39, 0.29) is 0 Å². The third-order valence-corrected chi connectivity index (χ3v) is 5.21. The minimum absolute atomic E-state index is 0.808.